The number of aryl methyl sites for hydroxylation is 1. The van der Waals surface area contributed by atoms with Gasteiger partial charge in [0.05, 0.1) is 6.54 Å². The van der Waals surface area contributed by atoms with Crippen LogP contribution in [0.15, 0.2) is 54.6 Å². The van der Waals surface area contributed by atoms with Crippen molar-refractivity contribution in [1.82, 2.24) is 4.90 Å². The first-order valence-corrected chi connectivity index (χ1v) is 8.94. The van der Waals surface area contributed by atoms with Crippen molar-refractivity contribution in [3.05, 3.63) is 65.7 Å². The molecule has 3 rings (SSSR count). The zero-order valence-electron chi connectivity index (χ0n) is 14.8. The van der Waals surface area contributed by atoms with E-state index in [4.69, 9.17) is 0 Å². The number of benzene rings is 2. The van der Waals surface area contributed by atoms with Gasteiger partial charge in [0.15, 0.2) is 0 Å². The highest BCUT2D eigenvalue weighted by atomic mass is 16.3. The Labute approximate surface area is 149 Å². The quantitative estimate of drug-likeness (QED) is 0.881. The molecular formula is C21H26N2O2. The molecule has 1 atom stereocenters. The fraction of sp³-hybridized carbons (Fsp3) is 0.381. The Morgan fingerprint density at radius 1 is 1.08 bits per heavy atom. The van der Waals surface area contributed by atoms with Gasteiger partial charge in [-0.05, 0) is 37.0 Å². The van der Waals surface area contributed by atoms with Crippen molar-refractivity contribution >= 4 is 11.6 Å². The largest absolute Gasteiger partial charge is 0.396 e. The molecular weight excluding hydrogens is 312 g/mol. The third kappa shape index (κ3) is 4.27. The minimum atomic E-state index is 0.136. The number of carbonyl (C=O) groups is 1. The van der Waals surface area contributed by atoms with Gasteiger partial charge in [-0.1, -0.05) is 48.5 Å². The Morgan fingerprint density at radius 3 is 2.52 bits per heavy atom. The summed E-state index contributed by atoms with van der Waals surface area (Å²) in [5.41, 5.74) is 3.41. The van der Waals surface area contributed by atoms with Crippen LogP contribution in [-0.4, -0.2) is 48.2 Å². The topological polar surface area (TPSA) is 43.8 Å². The van der Waals surface area contributed by atoms with Gasteiger partial charge in [0.25, 0.3) is 0 Å². The standard InChI is InChI=1S/C21H26N2O2/c1-17-8-5-6-11-20(17)23-15-19(14-18-9-3-2-4-10-18)22(12-7-13-24)16-21(23)25/h2-6,8-11,19,24H,7,12-16H2,1H3. The number of hydrogen-bond acceptors (Lipinski definition) is 3. The van der Waals surface area contributed by atoms with E-state index < -0.39 is 0 Å². The van der Waals surface area contributed by atoms with Crippen molar-refractivity contribution in [3.63, 3.8) is 0 Å². The predicted octanol–water partition coefficient (Wildman–Crippen LogP) is 2.64. The maximum absolute atomic E-state index is 12.7. The lowest BCUT2D eigenvalue weighted by Crippen LogP contribution is -2.57. The number of carbonyl (C=O) groups excluding carboxylic acids is 1. The maximum atomic E-state index is 12.7. The fourth-order valence-corrected chi connectivity index (χ4v) is 3.53. The Bertz CT molecular complexity index is 702. The smallest absolute Gasteiger partial charge is 0.241 e. The first kappa shape index (κ1) is 17.6. The minimum Gasteiger partial charge on any atom is -0.396 e. The van der Waals surface area contributed by atoms with E-state index >= 15 is 0 Å². The van der Waals surface area contributed by atoms with E-state index in [1.807, 2.05) is 42.2 Å². The Morgan fingerprint density at radius 2 is 1.80 bits per heavy atom. The van der Waals surface area contributed by atoms with Gasteiger partial charge in [-0.25, -0.2) is 0 Å². The minimum absolute atomic E-state index is 0.136. The van der Waals surface area contributed by atoms with Gasteiger partial charge in [0.2, 0.25) is 5.91 Å². The number of amides is 1. The third-order valence-corrected chi connectivity index (χ3v) is 4.87. The van der Waals surface area contributed by atoms with Crippen molar-refractivity contribution in [2.45, 2.75) is 25.8 Å². The van der Waals surface area contributed by atoms with E-state index in [1.165, 1.54) is 5.56 Å². The van der Waals surface area contributed by atoms with E-state index in [9.17, 15) is 9.90 Å². The average Bonchev–Trinajstić information content (AvgIpc) is 2.63. The SMILES string of the molecule is Cc1ccccc1N1CC(Cc2ccccc2)N(CCCO)CC1=O. The Balaban J connectivity index is 1.82. The average molecular weight is 338 g/mol. The van der Waals surface area contributed by atoms with Gasteiger partial charge in [0.1, 0.15) is 0 Å². The molecule has 4 nitrogen and oxygen atoms in total. The highest BCUT2D eigenvalue weighted by Gasteiger charge is 2.33. The van der Waals surface area contributed by atoms with Crippen LogP contribution < -0.4 is 4.90 Å². The molecule has 1 unspecified atom stereocenters. The number of para-hydroxylation sites is 1. The lowest BCUT2D eigenvalue weighted by atomic mass is 10.0. The zero-order chi connectivity index (χ0) is 17.6. The van der Waals surface area contributed by atoms with Crippen LogP contribution in [0.2, 0.25) is 0 Å². The van der Waals surface area contributed by atoms with Gasteiger partial charge >= 0.3 is 0 Å². The molecule has 0 aliphatic carbocycles. The summed E-state index contributed by atoms with van der Waals surface area (Å²) < 4.78 is 0. The number of aliphatic hydroxyl groups excluding tert-OH is 1. The maximum Gasteiger partial charge on any atom is 0.241 e. The van der Waals surface area contributed by atoms with Crippen LogP contribution >= 0.6 is 0 Å². The van der Waals surface area contributed by atoms with Crippen molar-refractivity contribution in [2.24, 2.45) is 0 Å². The first-order chi connectivity index (χ1) is 12.2. The summed E-state index contributed by atoms with van der Waals surface area (Å²) >= 11 is 0. The third-order valence-electron chi connectivity index (χ3n) is 4.87. The van der Waals surface area contributed by atoms with Crippen molar-refractivity contribution < 1.29 is 9.90 Å². The van der Waals surface area contributed by atoms with Crippen LogP contribution in [0.5, 0.6) is 0 Å². The van der Waals surface area contributed by atoms with Crippen LogP contribution in [0.4, 0.5) is 5.69 Å². The van der Waals surface area contributed by atoms with Gasteiger partial charge in [0, 0.05) is 31.4 Å². The lowest BCUT2D eigenvalue weighted by molar-refractivity contribution is -0.122. The molecule has 2 aromatic carbocycles. The second kappa shape index (κ2) is 8.28. The molecule has 0 saturated carbocycles. The van der Waals surface area contributed by atoms with Gasteiger partial charge in [-0.3, -0.25) is 9.69 Å². The van der Waals surface area contributed by atoms with Crippen LogP contribution in [0.3, 0.4) is 0 Å². The summed E-state index contributed by atoms with van der Waals surface area (Å²) in [5.74, 6) is 0.136. The second-order valence-corrected chi connectivity index (χ2v) is 6.68. The summed E-state index contributed by atoms with van der Waals surface area (Å²) in [5, 5.41) is 9.18. The molecule has 1 fully saturated rings. The fourth-order valence-electron chi connectivity index (χ4n) is 3.53. The molecule has 1 amide bonds. The van der Waals surface area contributed by atoms with E-state index in [0.717, 1.165) is 24.2 Å². The van der Waals surface area contributed by atoms with Gasteiger partial charge < -0.3 is 10.0 Å². The number of piperazine rings is 1. The van der Waals surface area contributed by atoms with Crippen molar-refractivity contribution in [3.8, 4) is 0 Å². The van der Waals surface area contributed by atoms with Gasteiger partial charge in [-0.15, -0.1) is 0 Å². The van der Waals surface area contributed by atoms with Crippen LogP contribution in [0.1, 0.15) is 17.5 Å². The molecule has 0 aromatic heterocycles. The van der Waals surface area contributed by atoms with E-state index in [-0.39, 0.29) is 18.6 Å². The monoisotopic (exact) mass is 338 g/mol. The zero-order valence-corrected chi connectivity index (χ0v) is 14.8. The summed E-state index contributed by atoms with van der Waals surface area (Å²) in [7, 11) is 0. The van der Waals surface area contributed by atoms with Crippen molar-refractivity contribution in [2.75, 3.05) is 31.1 Å². The number of rotatable bonds is 6. The molecule has 4 heteroatoms. The summed E-state index contributed by atoms with van der Waals surface area (Å²) in [6.07, 6.45) is 1.60. The summed E-state index contributed by atoms with van der Waals surface area (Å²) in [4.78, 5) is 16.9. The second-order valence-electron chi connectivity index (χ2n) is 6.68. The molecule has 0 spiro atoms. The van der Waals surface area contributed by atoms with E-state index in [0.29, 0.717) is 19.5 Å². The molecule has 25 heavy (non-hydrogen) atoms. The normalized spacial score (nSPS) is 18.6. The molecule has 0 bridgehead atoms. The predicted molar refractivity (Wildman–Crippen MR) is 101 cm³/mol. The summed E-state index contributed by atoms with van der Waals surface area (Å²) in [6.45, 7) is 4.05. The highest BCUT2D eigenvalue weighted by molar-refractivity contribution is 5.96. The first-order valence-electron chi connectivity index (χ1n) is 8.94. The molecule has 132 valence electrons. The number of aliphatic hydroxyl groups is 1. The number of anilines is 1. The Hall–Kier alpha value is -2.17. The molecule has 2 aromatic rings. The molecule has 1 N–H and O–H groups in total. The van der Waals surface area contributed by atoms with Crippen molar-refractivity contribution in [1.29, 1.82) is 0 Å². The van der Waals surface area contributed by atoms with Gasteiger partial charge in [-0.2, -0.15) is 0 Å². The highest BCUT2D eigenvalue weighted by Crippen LogP contribution is 2.25. The Kier molecular flexibility index (Phi) is 5.84. The number of nitrogens with zero attached hydrogens (tertiary/aromatic N) is 2. The molecule has 1 heterocycles. The molecule has 1 saturated heterocycles. The lowest BCUT2D eigenvalue weighted by Gasteiger charge is -2.41. The number of hydrogen-bond donors (Lipinski definition) is 1. The van der Waals surface area contributed by atoms with Crippen LogP contribution in [0.25, 0.3) is 0 Å². The van der Waals surface area contributed by atoms with E-state index in [2.05, 4.69) is 29.2 Å². The van der Waals surface area contributed by atoms with Crippen LogP contribution in [-0.2, 0) is 11.2 Å². The summed E-state index contributed by atoms with van der Waals surface area (Å²) in [6, 6.07) is 18.7. The molecule has 1 aliphatic rings. The van der Waals surface area contributed by atoms with E-state index in [1.54, 1.807) is 0 Å². The van der Waals surface area contributed by atoms with Crippen LogP contribution in [0, 0.1) is 6.92 Å². The molecule has 1 aliphatic heterocycles. The molecule has 0 radical (unpaired) electrons.